The minimum atomic E-state index is -0.240. The van der Waals surface area contributed by atoms with E-state index in [0.717, 1.165) is 68.8 Å². The van der Waals surface area contributed by atoms with Gasteiger partial charge >= 0.3 is 0 Å². The van der Waals surface area contributed by atoms with Gasteiger partial charge in [-0.15, -0.1) is 0 Å². The molecule has 5 rings (SSSR count). The van der Waals surface area contributed by atoms with Gasteiger partial charge in [0.25, 0.3) is 0 Å². The average molecular weight is 434 g/mol. The largest absolute Gasteiger partial charge is 0.464 e. The van der Waals surface area contributed by atoms with E-state index < -0.39 is 0 Å². The molecule has 8 nitrogen and oxygen atoms in total. The number of pyridine rings is 1. The Morgan fingerprint density at radius 1 is 1.03 bits per heavy atom. The number of carbonyl (C=O) groups is 2. The quantitative estimate of drug-likeness (QED) is 0.666. The minimum absolute atomic E-state index is 0.0369. The van der Waals surface area contributed by atoms with E-state index in [2.05, 4.69) is 20.1 Å². The van der Waals surface area contributed by atoms with Crippen molar-refractivity contribution in [3.05, 3.63) is 59.3 Å². The zero-order valence-corrected chi connectivity index (χ0v) is 18.0. The second kappa shape index (κ2) is 8.63. The van der Waals surface area contributed by atoms with Crippen LogP contribution >= 0.6 is 0 Å². The molecule has 2 aromatic rings. The molecule has 1 aliphatic heterocycles. The van der Waals surface area contributed by atoms with E-state index in [1.807, 2.05) is 24.3 Å². The number of Topliss-reactive ketones (excluding diaryl/α,β-unsaturated/α-hetero) is 2. The van der Waals surface area contributed by atoms with Gasteiger partial charge in [0.15, 0.2) is 0 Å². The van der Waals surface area contributed by atoms with Crippen LogP contribution in [0.1, 0.15) is 19.3 Å². The molecule has 8 heteroatoms. The van der Waals surface area contributed by atoms with Crippen LogP contribution in [0.4, 0.5) is 5.82 Å². The third kappa shape index (κ3) is 3.71. The van der Waals surface area contributed by atoms with Crippen molar-refractivity contribution in [2.24, 2.45) is 5.73 Å². The molecule has 2 aliphatic carbocycles. The Morgan fingerprint density at radius 2 is 1.78 bits per heavy atom. The number of hydrogen-bond acceptors (Lipinski definition) is 8. The van der Waals surface area contributed by atoms with Gasteiger partial charge in [0.2, 0.25) is 11.6 Å². The number of piperazine rings is 1. The summed E-state index contributed by atoms with van der Waals surface area (Å²) >= 11 is 0. The van der Waals surface area contributed by atoms with Crippen LogP contribution in [-0.4, -0.2) is 60.7 Å². The van der Waals surface area contributed by atoms with Crippen LogP contribution in [0.25, 0.3) is 11.0 Å². The van der Waals surface area contributed by atoms with Crippen LogP contribution in [0.15, 0.2) is 63.7 Å². The Kier molecular flexibility index (Phi) is 5.53. The summed E-state index contributed by atoms with van der Waals surface area (Å²) in [5.74, 6) is 0.573. The second-order valence-corrected chi connectivity index (χ2v) is 8.34. The van der Waals surface area contributed by atoms with Crippen molar-refractivity contribution in [1.29, 1.82) is 0 Å². The van der Waals surface area contributed by atoms with Crippen molar-refractivity contribution < 1.29 is 14.0 Å². The SMILES string of the molecule is NC1=C(NCCCN2CCN(c3nccc4occc34)CC2)C(=O)C2=CCCC=C2C1=O. The average Bonchev–Trinajstić information content (AvgIpc) is 3.32. The molecule has 0 saturated carbocycles. The van der Waals surface area contributed by atoms with Gasteiger partial charge in [-0.05, 0) is 37.9 Å². The summed E-state index contributed by atoms with van der Waals surface area (Å²) in [4.78, 5) is 34.5. The Labute approximate surface area is 186 Å². The Morgan fingerprint density at radius 3 is 2.56 bits per heavy atom. The van der Waals surface area contributed by atoms with E-state index in [0.29, 0.717) is 17.7 Å². The van der Waals surface area contributed by atoms with Gasteiger partial charge in [-0.1, -0.05) is 12.2 Å². The fourth-order valence-electron chi connectivity index (χ4n) is 4.63. The minimum Gasteiger partial charge on any atom is -0.464 e. The molecule has 32 heavy (non-hydrogen) atoms. The fraction of sp³-hybridized carbons (Fsp3) is 0.375. The zero-order chi connectivity index (χ0) is 22.1. The van der Waals surface area contributed by atoms with Gasteiger partial charge in [0.1, 0.15) is 22.8 Å². The highest BCUT2D eigenvalue weighted by Crippen LogP contribution is 2.29. The number of carbonyl (C=O) groups excluding carboxylic acids is 2. The Hall–Kier alpha value is -3.39. The molecule has 0 atom stereocenters. The van der Waals surface area contributed by atoms with Crippen molar-refractivity contribution in [2.45, 2.75) is 19.3 Å². The Balaban J connectivity index is 1.12. The molecule has 0 radical (unpaired) electrons. The lowest BCUT2D eigenvalue weighted by molar-refractivity contribution is -0.117. The number of rotatable bonds is 6. The number of nitrogens with two attached hydrogens (primary N) is 1. The van der Waals surface area contributed by atoms with E-state index in [1.165, 1.54) is 0 Å². The van der Waals surface area contributed by atoms with Gasteiger partial charge in [-0.3, -0.25) is 14.5 Å². The third-order valence-corrected chi connectivity index (χ3v) is 6.37. The molecule has 0 amide bonds. The van der Waals surface area contributed by atoms with Crippen LogP contribution in [0.2, 0.25) is 0 Å². The van der Waals surface area contributed by atoms with Crippen molar-refractivity contribution in [3.8, 4) is 0 Å². The smallest absolute Gasteiger partial charge is 0.211 e. The summed E-state index contributed by atoms with van der Waals surface area (Å²) < 4.78 is 5.49. The van der Waals surface area contributed by atoms with Gasteiger partial charge in [-0.2, -0.15) is 0 Å². The Bertz CT molecular complexity index is 1150. The van der Waals surface area contributed by atoms with Crippen molar-refractivity contribution >= 4 is 28.4 Å². The number of ketones is 2. The second-order valence-electron chi connectivity index (χ2n) is 8.34. The number of fused-ring (bicyclic) bond motifs is 2. The third-order valence-electron chi connectivity index (χ3n) is 6.37. The van der Waals surface area contributed by atoms with Gasteiger partial charge in [0.05, 0.1) is 11.6 Å². The number of hydrogen-bond donors (Lipinski definition) is 2. The van der Waals surface area contributed by atoms with Gasteiger partial charge in [0, 0.05) is 50.1 Å². The van der Waals surface area contributed by atoms with E-state index in [1.54, 1.807) is 12.5 Å². The lowest BCUT2D eigenvalue weighted by Gasteiger charge is -2.35. The van der Waals surface area contributed by atoms with Crippen LogP contribution in [0, 0.1) is 0 Å². The number of anilines is 1. The number of allylic oxidation sites excluding steroid dienone is 4. The molecule has 3 aliphatic rings. The molecular formula is C24H27N5O3. The molecule has 1 saturated heterocycles. The number of aromatic nitrogens is 1. The monoisotopic (exact) mass is 433 g/mol. The summed E-state index contributed by atoms with van der Waals surface area (Å²) in [6, 6.07) is 3.85. The molecule has 1 fully saturated rings. The summed E-state index contributed by atoms with van der Waals surface area (Å²) in [5.41, 5.74) is 8.11. The standard InChI is InChI=1S/C24H27N5O3/c25-20-21(23(31)17-5-2-1-4-16(17)22(20)30)26-8-3-10-28-11-13-29(14-12-28)24-18-7-15-32-19(18)6-9-27-24/h4-7,9,15,26H,1-3,8,10-14,25H2. The van der Waals surface area contributed by atoms with Crippen LogP contribution in [-0.2, 0) is 9.59 Å². The molecule has 3 heterocycles. The first-order valence-corrected chi connectivity index (χ1v) is 11.2. The highest BCUT2D eigenvalue weighted by atomic mass is 16.3. The van der Waals surface area contributed by atoms with Crippen molar-refractivity contribution in [3.63, 3.8) is 0 Å². The first-order chi connectivity index (χ1) is 15.6. The topological polar surface area (TPSA) is 105 Å². The summed E-state index contributed by atoms with van der Waals surface area (Å²) in [7, 11) is 0. The highest BCUT2D eigenvalue weighted by molar-refractivity contribution is 6.29. The van der Waals surface area contributed by atoms with E-state index in [9.17, 15) is 9.59 Å². The lowest BCUT2D eigenvalue weighted by atomic mass is 9.84. The fourth-order valence-corrected chi connectivity index (χ4v) is 4.63. The lowest BCUT2D eigenvalue weighted by Crippen LogP contribution is -2.47. The predicted octanol–water partition coefficient (Wildman–Crippen LogP) is 1.90. The van der Waals surface area contributed by atoms with Crippen molar-refractivity contribution in [2.75, 3.05) is 44.2 Å². The van der Waals surface area contributed by atoms with Crippen LogP contribution < -0.4 is 16.0 Å². The molecule has 0 aromatic carbocycles. The highest BCUT2D eigenvalue weighted by Gasteiger charge is 2.34. The van der Waals surface area contributed by atoms with E-state index in [-0.39, 0.29) is 23.0 Å². The normalized spacial score (nSPS) is 19.8. The number of nitrogens with one attached hydrogen (secondary N) is 1. The van der Waals surface area contributed by atoms with Crippen molar-refractivity contribution in [1.82, 2.24) is 15.2 Å². The maximum absolute atomic E-state index is 12.8. The first-order valence-electron chi connectivity index (χ1n) is 11.2. The summed E-state index contributed by atoms with van der Waals surface area (Å²) in [5, 5.41) is 4.18. The number of nitrogens with zero attached hydrogens (tertiary/aromatic N) is 3. The van der Waals surface area contributed by atoms with Crippen LogP contribution in [0.5, 0.6) is 0 Å². The zero-order valence-electron chi connectivity index (χ0n) is 18.0. The molecule has 166 valence electrons. The molecular weight excluding hydrogens is 406 g/mol. The summed E-state index contributed by atoms with van der Waals surface area (Å²) in [6.07, 6.45) is 9.57. The molecule has 2 aromatic heterocycles. The maximum atomic E-state index is 12.8. The molecule has 0 spiro atoms. The van der Waals surface area contributed by atoms with E-state index in [4.69, 9.17) is 10.2 Å². The maximum Gasteiger partial charge on any atom is 0.211 e. The van der Waals surface area contributed by atoms with E-state index >= 15 is 0 Å². The van der Waals surface area contributed by atoms with Gasteiger partial charge < -0.3 is 20.4 Å². The van der Waals surface area contributed by atoms with Crippen LogP contribution in [0.3, 0.4) is 0 Å². The molecule has 3 N–H and O–H groups in total. The molecule has 0 unspecified atom stereocenters. The first kappa shape index (κ1) is 20.5. The number of furan rings is 1. The van der Waals surface area contributed by atoms with Gasteiger partial charge in [-0.25, -0.2) is 4.98 Å². The predicted molar refractivity (Wildman–Crippen MR) is 122 cm³/mol. The molecule has 0 bridgehead atoms. The summed E-state index contributed by atoms with van der Waals surface area (Å²) in [6.45, 7) is 5.20.